The van der Waals surface area contributed by atoms with Crippen LogP contribution in [0.5, 0.6) is 0 Å². The average molecular weight is 397 g/mol. The van der Waals surface area contributed by atoms with Gasteiger partial charge in [0.15, 0.2) is 11.8 Å². The number of rotatable bonds is 6. The molecule has 0 bridgehead atoms. The van der Waals surface area contributed by atoms with Crippen molar-refractivity contribution in [1.29, 1.82) is 0 Å². The number of fused-ring (bicyclic) bond motifs is 1. The molecule has 1 aromatic heterocycles. The number of nitrogens with zero attached hydrogens (tertiary/aromatic N) is 4. The Balaban J connectivity index is 1.62. The SMILES string of the molecule is CCNC(=NCc1nnc2n1CCC2)NCC(O)c1cc(Cl)cc(Cl)c1. The second kappa shape index (κ2) is 8.70. The van der Waals surface area contributed by atoms with Gasteiger partial charge in [0.1, 0.15) is 12.4 Å². The third-order valence-corrected chi connectivity index (χ3v) is 4.58. The normalized spacial score (nSPS) is 15.0. The number of hydrogen-bond donors (Lipinski definition) is 3. The lowest BCUT2D eigenvalue weighted by molar-refractivity contribution is 0.181. The minimum absolute atomic E-state index is 0.278. The Morgan fingerprint density at radius 2 is 2.04 bits per heavy atom. The van der Waals surface area contributed by atoms with Crippen molar-refractivity contribution in [2.75, 3.05) is 13.1 Å². The monoisotopic (exact) mass is 396 g/mol. The van der Waals surface area contributed by atoms with Crippen LogP contribution in [0.25, 0.3) is 0 Å². The fourth-order valence-corrected chi connectivity index (χ4v) is 3.44. The summed E-state index contributed by atoms with van der Waals surface area (Å²) in [5.74, 6) is 2.49. The molecule has 2 heterocycles. The van der Waals surface area contributed by atoms with Crippen LogP contribution in [0.1, 0.15) is 36.7 Å². The first kappa shape index (κ1) is 18.9. The Morgan fingerprint density at radius 1 is 1.27 bits per heavy atom. The molecule has 2 aromatic rings. The first-order chi connectivity index (χ1) is 12.6. The van der Waals surface area contributed by atoms with Crippen molar-refractivity contribution < 1.29 is 5.11 Å². The number of hydrogen-bond acceptors (Lipinski definition) is 4. The molecule has 0 saturated carbocycles. The molecule has 1 atom stereocenters. The quantitative estimate of drug-likeness (QED) is 0.515. The van der Waals surface area contributed by atoms with E-state index >= 15 is 0 Å². The minimum Gasteiger partial charge on any atom is -0.387 e. The molecule has 0 spiro atoms. The van der Waals surface area contributed by atoms with E-state index in [-0.39, 0.29) is 6.54 Å². The van der Waals surface area contributed by atoms with Crippen molar-refractivity contribution in [3.05, 3.63) is 45.5 Å². The van der Waals surface area contributed by atoms with E-state index < -0.39 is 6.10 Å². The Hall–Kier alpha value is -1.83. The van der Waals surface area contributed by atoms with E-state index in [9.17, 15) is 5.11 Å². The molecule has 26 heavy (non-hydrogen) atoms. The van der Waals surface area contributed by atoms with Crippen LogP contribution in [0.15, 0.2) is 23.2 Å². The van der Waals surface area contributed by atoms with Crippen molar-refractivity contribution in [2.45, 2.75) is 39.0 Å². The second-order valence-electron chi connectivity index (χ2n) is 6.08. The summed E-state index contributed by atoms with van der Waals surface area (Å²) < 4.78 is 2.12. The molecule has 0 saturated heterocycles. The van der Waals surface area contributed by atoms with Crippen LogP contribution >= 0.6 is 23.2 Å². The summed E-state index contributed by atoms with van der Waals surface area (Å²) in [5, 5.41) is 26.0. The summed E-state index contributed by atoms with van der Waals surface area (Å²) in [5.41, 5.74) is 0.654. The van der Waals surface area contributed by atoms with Gasteiger partial charge in [-0.25, -0.2) is 4.99 Å². The maximum absolute atomic E-state index is 10.4. The van der Waals surface area contributed by atoms with E-state index in [1.807, 2.05) is 6.92 Å². The summed E-state index contributed by atoms with van der Waals surface area (Å²) >= 11 is 12.0. The van der Waals surface area contributed by atoms with E-state index in [0.717, 1.165) is 31.0 Å². The van der Waals surface area contributed by atoms with Crippen LogP contribution in [-0.2, 0) is 19.5 Å². The van der Waals surface area contributed by atoms with Crippen molar-refractivity contribution in [1.82, 2.24) is 25.4 Å². The van der Waals surface area contributed by atoms with E-state index in [2.05, 4.69) is 30.4 Å². The number of halogens is 2. The molecular formula is C17H22Cl2N6O. The summed E-state index contributed by atoms with van der Waals surface area (Å²) in [7, 11) is 0. The van der Waals surface area contributed by atoms with Gasteiger partial charge < -0.3 is 20.3 Å². The third kappa shape index (κ3) is 4.66. The molecule has 0 fully saturated rings. The summed E-state index contributed by atoms with van der Waals surface area (Å²) in [6.45, 7) is 4.36. The van der Waals surface area contributed by atoms with Crippen LogP contribution in [0, 0.1) is 0 Å². The zero-order valence-electron chi connectivity index (χ0n) is 14.5. The molecule has 3 N–H and O–H groups in total. The predicted octanol–water partition coefficient (Wildman–Crippen LogP) is 2.32. The van der Waals surface area contributed by atoms with Crippen LogP contribution in [0.4, 0.5) is 0 Å². The van der Waals surface area contributed by atoms with Crippen molar-refractivity contribution in [3.63, 3.8) is 0 Å². The summed E-state index contributed by atoms with van der Waals surface area (Å²) in [4.78, 5) is 4.54. The molecule has 1 unspecified atom stereocenters. The smallest absolute Gasteiger partial charge is 0.191 e. The zero-order chi connectivity index (χ0) is 18.5. The fourth-order valence-electron chi connectivity index (χ4n) is 2.90. The van der Waals surface area contributed by atoms with E-state index in [0.29, 0.717) is 34.7 Å². The first-order valence-corrected chi connectivity index (χ1v) is 9.39. The van der Waals surface area contributed by atoms with Gasteiger partial charge in [-0.3, -0.25) is 0 Å². The van der Waals surface area contributed by atoms with E-state index in [1.54, 1.807) is 18.2 Å². The Labute approximate surface area is 162 Å². The van der Waals surface area contributed by atoms with Gasteiger partial charge in [0, 0.05) is 36.1 Å². The van der Waals surface area contributed by atoms with Crippen molar-refractivity contribution >= 4 is 29.2 Å². The number of guanidine groups is 1. The molecule has 0 aliphatic carbocycles. The standard InChI is InChI=1S/C17H22Cl2N6O/c1-2-20-17(22-10-16-24-23-15-4-3-5-25(15)16)21-9-14(26)11-6-12(18)8-13(19)7-11/h6-8,14,26H,2-5,9-10H2,1H3,(H2,20,21,22). The van der Waals surface area contributed by atoms with E-state index in [1.165, 1.54) is 0 Å². The number of aryl methyl sites for hydroxylation is 1. The van der Waals surface area contributed by atoms with Gasteiger partial charge in [0.2, 0.25) is 0 Å². The van der Waals surface area contributed by atoms with Gasteiger partial charge in [-0.2, -0.15) is 0 Å². The molecule has 140 valence electrons. The molecule has 0 radical (unpaired) electrons. The lowest BCUT2D eigenvalue weighted by Crippen LogP contribution is -2.39. The number of benzene rings is 1. The van der Waals surface area contributed by atoms with Crippen LogP contribution in [-0.4, -0.2) is 38.9 Å². The molecule has 1 aliphatic heterocycles. The van der Waals surface area contributed by atoms with Gasteiger partial charge in [-0.15, -0.1) is 10.2 Å². The molecule has 1 aliphatic rings. The highest BCUT2D eigenvalue weighted by molar-refractivity contribution is 6.34. The third-order valence-electron chi connectivity index (χ3n) is 4.14. The maximum atomic E-state index is 10.4. The van der Waals surface area contributed by atoms with Gasteiger partial charge >= 0.3 is 0 Å². The highest BCUT2D eigenvalue weighted by atomic mass is 35.5. The molecule has 7 nitrogen and oxygen atoms in total. The van der Waals surface area contributed by atoms with E-state index in [4.69, 9.17) is 23.2 Å². The lowest BCUT2D eigenvalue weighted by Gasteiger charge is -2.16. The van der Waals surface area contributed by atoms with Gasteiger partial charge in [0.05, 0.1) is 6.10 Å². The topological polar surface area (TPSA) is 87.4 Å². The van der Waals surface area contributed by atoms with Crippen LogP contribution < -0.4 is 10.6 Å². The van der Waals surface area contributed by atoms with Crippen LogP contribution in [0.2, 0.25) is 10.0 Å². The molecule has 1 aromatic carbocycles. The number of aliphatic hydroxyl groups excluding tert-OH is 1. The number of aliphatic hydroxyl groups is 1. The fraction of sp³-hybridized carbons (Fsp3) is 0.471. The van der Waals surface area contributed by atoms with Gasteiger partial charge in [0.25, 0.3) is 0 Å². The Bertz CT molecular complexity index is 771. The molecular weight excluding hydrogens is 375 g/mol. The summed E-state index contributed by atoms with van der Waals surface area (Å²) in [6, 6.07) is 5.03. The Morgan fingerprint density at radius 3 is 2.77 bits per heavy atom. The van der Waals surface area contributed by atoms with Gasteiger partial charge in [-0.05, 0) is 37.1 Å². The molecule has 3 rings (SSSR count). The van der Waals surface area contributed by atoms with Crippen molar-refractivity contribution in [3.8, 4) is 0 Å². The number of nitrogens with one attached hydrogen (secondary N) is 2. The number of aliphatic imine (C=N–C) groups is 1. The second-order valence-corrected chi connectivity index (χ2v) is 6.96. The first-order valence-electron chi connectivity index (χ1n) is 8.64. The zero-order valence-corrected chi connectivity index (χ0v) is 16.1. The predicted molar refractivity (Wildman–Crippen MR) is 103 cm³/mol. The summed E-state index contributed by atoms with van der Waals surface area (Å²) in [6.07, 6.45) is 1.32. The largest absolute Gasteiger partial charge is 0.387 e. The molecule has 9 heteroatoms. The maximum Gasteiger partial charge on any atom is 0.191 e. The number of aromatic nitrogens is 3. The average Bonchev–Trinajstić information content (AvgIpc) is 3.20. The lowest BCUT2D eigenvalue weighted by atomic mass is 10.1. The van der Waals surface area contributed by atoms with Gasteiger partial charge in [-0.1, -0.05) is 23.2 Å². The highest BCUT2D eigenvalue weighted by Gasteiger charge is 2.17. The van der Waals surface area contributed by atoms with Crippen molar-refractivity contribution in [2.24, 2.45) is 4.99 Å². The molecule has 0 amide bonds. The highest BCUT2D eigenvalue weighted by Crippen LogP contribution is 2.23. The van der Waals surface area contributed by atoms with Crippen LogP contribution in [0.3, 0.4) is 0 Å². The Kier molecular flexibility index (Phi) is 6.34. The minimum atomic E-state index is -0.757.